The molecule has 2 fully saturated rings. The maximum atomic E-state index is 13.2. The molecule has 0 aromatic carbocycles. The van der Waals surface area contributed by atoms with Crippen LogP contribution in [0.1, 0.15) is 95.3 Å². The van der Waals surface area contributed by atoms with E-state index in [1.807, 2.05) is 0 Å². The van der Waals surface area contributed by atoms with Crippen molar-refractivity contribution in [2.45, 2.75) is 75.0 Å². The van der Waals surface area contributed by atoms with E-state index >= 15 is 0 Å². The topological polar surface area (TPSA) is 87.6 Å². The molecular weight excluding hydrogens is 544 g/mol. The van der Waals surface area contributed by atoms with Gasteiger partial charge in [-0.1, -0.05) is 11.6 Å². The van der Waals surface area contributed by atoms with E-state index in [0.29, 0.717) is 36.5 Å². The van der Waals surface area contributed by atoms with Crippen LogP contribution in [-0.4, -0.2) is 55.1 Å². The quantitative estimate of drug-likeness (QED) is 0.281. The molecule has 0 amide bonds. The first kappa shape index (κ1) is 30.6. The maximum Gasteiger partial charge on any atom is 0.356 e. The Bertz CT molecular complexity index is 1160. The summed E-state index contributed by atoms with van der Waals surface area (Å²) in [6.07, 6.45) is 4.05. The van der Waals surface area contributed by atoms with Crippen molar-refractivity contribution >= 4 is 23.5 Å². The number of esters is 2. The highest BCUT2D eigenvalue weighted by Gasteiger charge is 2.37. The number of hydrogen-bond donors (Lipinski definition) is 0. The molecule has 2 aliphatic carbocycles. The molecule has 0 aliphatic heterocycles. The Morgan fingerprint density at radius 3 is 1.59 bits per heavy atom. The van der Waals surface area contributed by atoms with Gasteiger partial charge in [0, 0.05) is 54.7 Å². The van der Waals surface area contributed by atoms with E-state index in [1.54, 1.807) is 0 Å². The van der Waals surface area contributed by atoms with Gasteiger partial charge in [-0.15, -0.1) is 0 Å². The molecule has 0 unspecified atom stereocenters. The fourth-order valence-corrected chi connectivity index (χ4v) is 5.11. The van der Waals surface area contributed by atoms with Crippen LogP contribution in [0.4, 0.5) is 17.6 Å². The third-order valence-corrected chi connectivity index (χ3v) is 7.43. The van der Waals surface area contributed by atoms with Gasteiger partial charge in [-0.2, -0.15) is 0 Å². The van der Waals surface area contributed by atoms with Crippen LogP contribution in [0.5, 0.6) is 5.75 Å². The second-order valence-corrected chi connectivity index (χ2v) is 10.1. The molecule has 2 saturated carbocycles. The fourth-order valence-electron chi connectivity index (χ4n) is 4.81. The molecule has 0 radical (unpaired) electrons. The Balaban J connectivity index is 0.000000216. The van der Waals surface area contributed by atoms with Crippen molar-refractivity contribution in [1.82, 2.24) is 9.97 Å². The lowest BCUT2D eigenvalue weighted by Crippen LogP contribution is -2.24. The summed E-state index contributed by atoms with van der Waals surface area (Å²) in [5.41, 5.74) is 1.77. The van der Waals surface area contributed by atoms with Crippen molar-refractivity contribution < 1.29 is 41.4 Å². The van der Waals surface area contributed by atoms with Crippen LogP contribution < -0.4 is 4.74 Å². The number of rotatable bonds is 5. The third kappa shape index (κ3) is 8.03. The van der Waals surface area contributed by atoms with Crippen LogP contribution in [0.2, 0.25) is 5.02 Å². The van der Waals surface area contributed by atoms with Crippen molar-refractivity contribution in [3.63, 3.8) is 0 Å². The van der Waals surface area contributed by atoms with E-state index in [2.05, 4.69) is 19.4 Å². The van der Waals surface area contributed by atoms with E-state index in [9.17, 15) is 27.2 Å². The first-order valence-corrected chi connectivity index (χ1v) is 12.9. The lowest BCUT2D eigenvalue weighted by atomic mass is 9.82. The predicted octanol–water partition coefficient (Wildman–Crippen LogP) is 6.98. The Morgan fingerprint density at radius 2 is 1.18 bits per heavy atom. The summed E-state index contributed by atoms with van der Waals surface area (Å²) >= 11 is 6.10. The Labute approximate surface area is 229 Å². The number of carbonyl (C=O) groups is 2. The number of ether oxygens (including phenoxy) is 3. The Kier molecular flexibility index (Phi) is 10.1. The maximum absolute atomic E-state index is 13.2. The summed E-state index contributed by atoms with van der Waals surface area (Å²) < 4.78 is 67.0. The third-order valence-electron chi connectivity index (χ3n) is 7.10. The van der Waals surface area contributed by atoms with Gasteiger partial charge in [-0.25, -0.2) is 37.1 Å². The number of alkyl halides is 4. The predicted molar refractivity (Wildman–Crippen MR) is 135 cm³/mol. The van der Waals surface area contributed by atoms with Gasteiger partial charge < -0.3 is 14.2 Å². The molecule has 0 bridgehead atoms. The van der Waals surface area contributed by atoms with Crippen molar-refractivity contribution in [3.05, 3.63) is 52.1 Å². The SMILES string of the molecule is COC(=O)c1cc(Cl)c(C2CCC(F)(F)CC2)cn1.COC(=O)c1cc(OC)c(C2CCC(F)(F)CC2)cn1. The molecule has 2 aliphatic rings. The molecule has 214 valence electrons. The van der Waals surface area contributed by atoms with Gasteiger partial charge in [0.2, 0.25) is 11.8 Å². The minimum absolute atomic E-state index is 0.0104. The van der Waals surface area contributed by atoms with E-state index in [0.717, 1.165) is 11.1 Å². The summed E-state index contributed by atoms with van der Waals surface area (Å²) in [6, 6.07) is 2.92. The minimum Gasteiger partial charge on any atom is -0.496 e. The monoisotopic (exact) mass is 574 g/mol. The molecule has 0 atom stereocenters. The van der Waals surface area contributed by atoms with Gasteiger partial charge in [-0.05, 0) is 49.1 Å². The van der Waals surface area contributed by atoms with Gasteiger partial charge in [0.15, 0.2) is 5.69 Å². The summed E-state index contributed by atoms with van der Waals surface area (Å²) in [6.45, 7) is 0. The van der Waals surface area contributed by atoms with Crippen molar-refractivity contribution in [1.29, 1.82) is 0 Å². The average Bonchev–Trinajstić information content (AvgIpc) is 2.92. The lowest BCUT2D eigenvalue weighted by Gasteiger charge is -2.29. The van der Waals surface area contributed by atoms with Gasteiger partial charge >= 0.3 is 11.9 Å². The number of carbonyl (C=O) groups excluding carboxylic acids is 2. The van der Waals surface area contributed by atoms with Crippen molar-refractivity contribution in [3.8, 4) is 5.75 Å². The Hall–Kier alpha value is -2.95. The summed E-state index contributed by atoms with van der Waals surface area (Å²) in [7, 11) is 4.01. The molecule has 39 heavy (non-hydrogen) atoms. The summed E-state index contributed by atoms with van der Waals surface area (Å²) in [4.78, 5) is 30.7. The zero-order valence-corrected chi connectivity index (χ0v) is 22.7. The number of methoxy groups -OCH3 is 3. The number of pyridine rings is 2. The summed E-state index contributed by atoms with van der Waals surface area (Å²) in [5.74, 6) is -5.79. The van der Waals surface area contributed by atoms with E-state index in [1.165, 1.54) is 45.9 Å². The van der Waals surface area contributed by atoms with Crippen molar-refractivity contribution in [2.75, 3.05) is 21.3 Å². The number of halogens is 5. The number of nitrogens with zero attached hydrogens (tertiary/aromatic N) is 2. The van der Waals surface area contributed by atoms with Gasteiger partial charge in [0.1, 0.15) is 11.4 Å². The molecule has 4 rings (SSSR count). The van der Waals surface area contributed by atoms with Gasteiger partial charge in [0.25, 0.3) is 0 Å². The van der Waals surface area contributed by atoms with Crippen LogP contribution >= 0.6 is 11.6 Å². The highest BCUT2D eigenvalue weighted by Crippen LogP contribution is 2.44. The molecule has 0 spiro atoms. The van der Waals surface area contributed by atoms with Gasteiger partial charge in [-0.3, -0.25) is 0 Å². The van der Waals surface area contributed by atoms with Crippen LogP contribution in [0, 0.1) is 0 Å². The smallest absolute Gasteiger partial charge is 0.356 e. The normalized spacial score (nSPS) is 18.9. The first-order valence-electron chi connectivity index (χ1n) is 12.5. The second kappa shape index (κ2) is 12.9. The minimum atomic E-state index is -2.57. The molecular formula is C27H31ClF4N2O5. The highest BCUT2D eigenvalue weighted by atomic mass is 35.5. The van der Waals surface area contributed by atoms with E-state index in [4.69, 9.17) is 16.3 Å². The molecule has 12 heteroatoms. The zero-order chi connectivity index (χ0) is 28.8. The number of aromatic nitrogens is 2. The average molecular weight is 575 g/mol. The molecule has 2 aromatic heterocycles. The highest BCUT2D eigenvalue weighted by molar-refractivity contribution is 6.31. The first-order chi connectivity index (χ1) is 18.4. The van der Waals surface area contributed by atoms with Gasteiger partial charge in [0.05, 0.1) is 21.3 Å². The standard InChI is InChI=1S/C14H17F2NO3.C13H14ClF2NO2/c1-19-12-7-11(13(18)20-2)17-8-10(12)9-3-5-14(15,16)6-4-9;1-19-12(18)11-6-10(14)9(7-17-11)8-2-4-13(15,16)5-3-8/h7-9H,3-6H2,1-2H3;6-8H,2-5H2,1H3. The number of hydrogen-bond acceptors (Lipinski definition) is 7. The molecule has 0 N–H and O–H groups in total. The van der Waals surface area contributed by atoms with Crippen molar-refractivity contribution in [2.24, 2.45) is 0 Å². The van der Waals surface area contributed by atoms with E-state index in [-0.39, 0.29) is 48.9 Å². The molecule has 7 nitrogen and oxygen atoms in total. The zero-order valence-electron chi connectivity index (χ0n) is 21.9. The molecule has 2 heterocycles. The van der Waals surface area contributed by atoms with E-state index < -0.39 is 23.8 Å². The molecule has 2 aromatic rings. The van der Waals surface area contributed by atoms with Crippen LogP contribution in [0.3, 0.4) is 0 Å². The lowest BCUT2D eigenvalue weighted by molar-refractivity contribution is -0.0388. The van der Waals surface area contributed by atoms with Crippen LogP contribution in [-0.2, 0) is 9.47 Å². The Morgan fingerprint density at radius 1 is 0.769 bits per heavy atom. The second-order valence-electron chi connectivity index (χ2n) is 9.65. The fraction of sp³-hybridized carbons (Fsp3) is 0.556. The van der Waals surface area contributed by atoms with Crippen LogP contribution in [0.15, 0.2) is 24.5 Å². The van der Waals surface area contributed by atoms with Crippen LogP contribution in [0.25, 0.3) is 0 Å². The molecule has 0 saturated heterocycles. The largest absolute Gasteiger partial charge is 0.496 e. The summed E-state index contributed by atoms with van der Waals surface area (Å²) in [5, 5.41) is 0.380.